The molecule has 2 aliphatic carbocycles. The van der Waals surface area contributed by atoms with Crippen LogP contribution in [-0.2, 0) is 9.84 Å². The first-order valence-electron chi connectivity index (χ1n) is 15.4. The number of nitrogens with one attached hydrogen (secondary N) is 2. The third kappa shape index (κ3) is 7.06. The Kier molecular flexibility index (Phi) is 9.35. The van der Waals surface area contributed by atoms with Crippen LogP contribution < -0.4 is 16.4 Å². The van der Waals surface area contributed by atoms with Crippen LogP contribution in [0.4, 0.5) is 11.5 Å². The molecule has 2 aliphatic heterocycles. The van der Waals surface area contributed by atoms with Crippen LogP contribution in [0.2, 0.25) is 0 Å². The van der Waals surface area contributed by atoms with E-state index in [1.165, 1.54) is 44.9 Å². The predicted octanol–water partition coefficient (Wildman–Crippen LogP) is 5.08. The number of sulfone groups is 1. The number of fused-ring (bicyclic) bond motifs is 10. The quantitative estimate of drug-likeness (QED) is 0.484. The molecule has 3 heterocycles. The summed E-state index contributed by atoms with van der Waals surface area (Å²) in [5, 5.41) is 9.60. The lowest BCUT2D eigenvalue weighted by molar-refractivity contribution is 0.172. The van der Waals surface area contributed by atoms with E-state index in [2.05, 4.69) is 45.8 Å². The Morgan fingerprint density at radius 3 is 2.64 bits per heavy atom. The molecule has 4 N–H and O–H groups in total. The number of likely N-dealkylation sites (N-methyl/N-ethyl adjacent to an activating group) is 1. The zero-order valence-electron chi connectivity index (χ0n) is 23.9. The number of pyridine rings is 1. The Hall–Kier alpha value is -1.90. The van der Waals surface area contributed by atoms with Crippen LogP contribution in [0.3, 0.4) is 0 Å². The number of nitrogens with two attached hydrogens (primary N) is 1. The van der Waals surface area contributed by atoms with Gasteiger partial charge in [0.15, 0.2) is 9.84 Å². The Morgan fingerprint density at radius 2 is 1.85 bits per heavy atom. The van der Waals surface area contributed by atoms with Crippen LogP contribution >= 0.6 is 0 Å². The summed E-state index contributed by atoms with van der Waals surface area (Å²) in [6, 6.07) is 9.18. The molecule has 4 bridgehead atoms. The fourth-order valence-electron chi connectivity index (χ4n) is 7.67. The molecular weight excluding hydrogens is 506 g/mol. The average Bonchev–Trinajstić information content (AvgIpc) is 2.92. The van der Waals surface area contributed by atoms with Gasteiger partial charge in [0.1, 0.15) is 5.82 Å². The van der Waals surface area contributed by atoms with E-state index in [1.807, 2.05) is 13.0 Å². The molecule has 8 heteroatoms. The number of hydrogen-bond donors (Lipinski definition) is 3. The molecule has 3 unspecified atom stereocenters. The molecule has 2 saturated carbocycles. The SMILES string of the molecule is CCS(=O)(=O)C1CCC2CC1CN(C)C[C@H](Nc1ccc3c(N)nccc3c1)C1CCC(CCCCN2)CC1. The molecule has 7 nitrogen and oxygen atoms in total. The van der Waals surface area contributed by atoms with Crippen LogP contribution in [0.15, 0.2) is 30.5 Å². The van der Waals surface area contributed by atoms with Crippen molar-refractivity contribution >= 4 is 32.1 Å². The van der Waals surface area contributed by atoms with Gasteiger partial charge in [-0.2, -0.15) is 0 Å². The monoisotopic (exact) mass is 555 g/mol. The molecule has 1 aromatic carbocycles. The number of benzene rings is 1. The molecule has 2 saturated heterocycles. The molecule has 4 aliphatic rings. The average molecular weight is 556 g/mol. The van der Waals surface area contributed by atoms with E-state index in [4.69, 9.17) is 5.73 Å². The summed E-state index contributed by atoms with van der Waals surface area (Å²) in [4.78, 5) is 6.66. The molecule has 1 aromatic heterocycles. The zero-order valence-corrected chi connectivity index (χ0v) is 24.8. The van der Waals surface area contributed by atoms with Gasteiger partial charge in [-0.25, -0.2) is 13.4 Å². The van der Waals surface area contributed by atoms with E-state index in [0.29, 0.717) is 23.8 Å². The minimum absolute atomic E-state index is 0.173. The Balaban J connectivity index is 1.37. The standard InChI is InChI=1S/C31H49N5O2S/c1-3-39(37,38)30-14-12-26-19-25(30)20-36(2)21-29(23-9-7-22(8-10-23)6-4-5-16-33-26)35-27-11-13-28-24(18-27)15-17-34-31(28)32/h11,13,15,17-18,22-23,25-26,29-30,33,35H,3-10,12,14,16,19-21H2,1-2H3,(H2,32,34)/t22?,23?,25?,26?,29-,30?/m0/s1. The Morgan fingerprint density at radius 1 is 1.03 bits per heavy atom. The van der Waals surface area contributed by atoms with Crippen LogP contribution in [-0.4, -0.2) is 68.1 Å². The van der Waals surface area contributed by atoms with Gasteiger partial charge in [-0.1, -0.05) is 32.6 Å². The van der Waals surface area contributed by atoms with Crippen molar-refractivity contribution in [1.82, 2.24) is 15.2 Å². The van der Waals surface area contributed by atoms with Gasteiger partial charge in [0.05, 0.1) is 5.25 Å². The highest BCUT2D eigenvalue weighted by Crippen LogP contribution is 2.36. The maximum atomic E-state index is 13.1. The summed E-state index contributed by atoms with van der Waals surface area (Å²) in [6.45, 7) is 4.62. The lowest BCUT2D eigenvalue weighted by Gasteiger charge is -2.41. The van der Waals surface area contributed by atoms with Gasteiger partial charge in [-0.15, -0.1) is 0 Å². The third-order valence-corrected chi connectivity index (χ3v) is 12.3. The summed E-state index contributed by atoms with van der Waals surface area (Å²) in [5.41, 5.74) is 7.23. The fraction of sp³-hybridized carbons (Fsp3) is 0.710. The first-order chi connectivity index (χ1) is 18.8. The molecule has 6 rings (SSSR count). The van der Waals surface area contributed by atoms with Crippen molar-refractivity contribution in [2.24, 2.45) is 17.8 Å². The number of anilines is 2. The van der Waals surface area contributed by atoms with Gasteiger partial charge in [-0.3, -0.25) is 0 Å². The van der Waals surface area contributed by atoms with Crippen molar-refractivity contribution in [3.8, 4) is 0 Å². The number of hydrogen-bond acceptors (Lipinski definition) is 7. The summed E-state index contributed by atoms with van der Waals surface area (Å²) >= 11 is 0. The molecule has 0 amide bonds. The summed E-state index contributed by atoms with van der Waals surface area (Å²) in [7, 11) is -0.868. The maximum Gasteiger partial charge on any atom is 0.153 e. The highest BCUT2D eigenvalue weighted by atomic mass is 32.2. The molecule has 4 fully saturated rings. The largest absolute Gasteiger partial charge is 0.383 e. The maximum absolute atomic E-state index is 13.1. The van der Waals surface area contributed by atoms with E-state index in [1.54, 1.807) is 6.20 Å². The number of rotatable bonds is 4. The molecule has 0 spiro atoms. The molecule has 39 heavy (non-hydrogen) atoms. The van der Waals surface area contributed by atoms with E-state index >= 15 is 0 Å². The Bertz CT molecular complexity index is 1200. The van der Waals surface area contributed by atoms with Crippen molar-refractivity contribution in [3.05, 3.63) is 30.5 Å². The minimum Gasteiger partial charge on any atom is -0.383 e. The van der Waals surface area contributed by atoms with Crippen LogP contribution in [0.5, 0.6) is 0 Å². The van der Waals surface area contributed by atoms with Gasteiger partial charge in [0, 0.05) is 48.2 Å². The molecule has 0 radical (unpaired) electrons. The zero-order chi connectivity index (χ0) is 27.4. The second kappa shape index (κ2) is 12.7. The van der Waals surface area contributed by atoms with Crippen LogP contribution in [0.1, 0.15) is 71.1 Å². The fourth-order valence-corrected chi connectivity index (χ4v) is 9.38. The number of nitrogen functional groups attached to an aromatic ring is 1. The minimum atomic E-state index is -3.07. The first kappa shape index (κ1) is 28.6. The second-order valence-corrected chi connectivity index (χ2v) is 15.1. The predicted molar refractivity (Wildman–Crippen MR) is 163 cm³/mol. The smallest absolute Gasteiger partial charge is 0.153 e. The van der Waals surface area contributed by atoms with Crippen LogP contribution in [0, 0.1) is 17.8 Å². The normalized spacial score (nSPS) is 31.7. The molecule has 216 valence electrons. The molecular formula is C31H49N5O2S. The molecule has 2 aromatic rings. The van der Waals surface area contributed by atoms with Gasteiger partial charge in [-0.05, 0) is 99.5 Å². The second-order valence-electron chi connectivity index (χ2n) is 12.6. The van der Waals surface area contributed by atoms with Crippen molar-refractivity contribution in [2.45, 2.75) is 88.5 Å². The van der Waals surface area contributed by atoms with Crippen LogP contribution in [0.25, 0.3) is 10.8 Å². The van der Waals surface area contributed by atoms with Gasteiger partial charge >= 0.3 is 0 Å². The lowest BCUT2D eigenvalue weighted by Crippen LogP contribution is -2.49. The van der Waals surface area contributed by atoms with Gasteiger partial charge in [0.2, 0.25) is 0 Å². The van der Waals surface area contributed by atoms with Crippen molar-refractivity contribution in [1.29, 1.82) is 0 Å². The number of aromatic nitrogens is 1. The third-order valence-electron chi connectivity index (χ3n) is 9.91. The summed E-state index contributed by atoms with van der Waals surface area (Å²) < 4.78 is 26.2. The Labute approximate surface area is 235 Å². The van der Waals surface area contributed by atoms with Gasteiger partial charge < -0.3 is 21.3 Å². The number of nitrogens with zero attached hydrogens (tertiary/aromatic N) is 2. The van der Waals surface area contributed by atoms with Crippen molar-refractivity contribution in [2.75, 3.05) is 43.5 Å². The van der Waals surface area contributed by atoms with Gasteiger partial charge in [0.25, 0.3) is 0 Å². The topological polar surface area (TPSA) is 100 Å². The van der Waals surface area contributed by atoms with E-state index in [-0.39, 0.29) is 16.9 Å². The highest BCUT2D eigenvalue weighted by molar-refractivity contribution is 7.92. The molecule has 4 atom stereocenters. The first-order valence-corrected chi connectivity index (χ1v) is 17.1. The lowest BCUT2D eigenvalue weighted by atomic mass is 9.76. The van der Waals surface area contributed by atoms with Crippen molar-refractivity contribution < 1.29 is 8.42 Å². The van der Waals surface area contributed by atoms with E-state index in [9.17, 15) is 8.42 Å². The summed E-state index contributed by atoms with van der Waals surface area (Å²) in [5.74, 6) is 2.46. The van der Waals surface area contributed by atoms with Crippen molar-refractivity contribution in [3.63, 3.8) is 0 Å². The van der Waals surface area contributed by atoms with E-state index < -0.39 is 9.84 Å². The highest BCUT2D eigenvalue weighted by Gasteiger charge is 2.39. The summed E-state index contributed by atoms with van der Waals surface area (Å²) in [6.07, 6.45) is 13.5. The van der Waals surface area contributed by atoms with E-state index in [0.717, 1.165) is 61.3 Å².